The number of hydrogen-bond acceptors (Lipinski definition) is 4. The van der Waals surface area contributed by atoms with Gasteiger partial charge in [0.15, 0.2) is 0 Å². The maximum Gasteiger partial charge on any atom is 0.336 e. The van der Waals surface area contributed by atoms with Gasteiger partial charge in [-0.05, 0) is 46.3 Å². The largest absolute Gasteiger partial charge is 0.478 e. The predicted octanol–water partition coefficient (Wildman–Crippen LogP) is 3.16. The third-order valence-electron chi connectivity index (χ3n) is 2.36. The summed E-state index contributed by atoms with van der Waals surface area (Å²) in [7, 11) is 0. The lowest BCUT2D eigenvalue weighted by Crippen LogP contribution is -2.00. The van der Waals surface area contributed by atoms with E-state index in [0.717, 1.165) is 0 Å². The number of carboxylic acid groups (broad SMARTS) is 1. The maximum absolute atomic E-state index is 11.0. The van der Waals surface area contributed by atoms with Crippen molar-refractivity contribution in [1.82, 2.24) is 4.98 Å². The molecule has 0 atom stereocenters. The minimum atomic E-state index is -1.01. The Hall–Kier alpha value is -2.39. The fourth-order valence-corrected chi connectivity index (χ4v) is 1.86. The summed E-state index contributed by atoms with van der Waals surface area (Å²) in [4.78, 5) is 15.0. The van der Waals surface area contributed by atoms with E-state index in [1.807, 2.05) is 6.07 Å². The van der Waals surface area contributed by atoms with Gasteiger partial charge >= 0.3 is 5.97 Å². The summed E-state index contributed by atoms with van der Waals surface area (Å²) in [6.07, 6.45) is 1.44. The molecule has 1 heterocycles. The summed E-state index contributed by atoms with van der Waals surface area (Å²) in [6, 6.07) is 10.1. The Labute approximate surface area is 117 Å². The Kier molecular flexibility index (Phi) is 3.78. The van der Waals surface area contributed by atoms with Crippen molar-refractivity contribution in [2.75, 3.05) is 5.32 Å². The van der Waals surface area contributed by atoms with Gasteiger partial charge in [-0.2, -0.15) is 5.26 Å². The average Bonchev–Trinajstić information content (AvgIpc) is 2.41. The zero-order valence-corrected chi connectivity index (χ0v) is 11.2. The van der Waals surface area contributed by atoms with Gasteiger partial charge in [-0.1, -0.05) is 0 Å². The van der Waals surface area contributed by atoms with Crippen LogP contribution in [0, 0.1) is 11.3 Å². The van der Waals surface area contributed by atoms with Crippen molar-refractivity contribution in [3.63, 3.8) is 0 Å². The van der Waals surface area contributed by atoms with Gasteiger partial charge in [0.25, 0.3) is 0 Å². The van der Waals surface area contributed by atoms with Crippen molar-refractivity contribution in [2.45, 2.75) is 0 Å². The number of nitriles is 1. The predicted molar refractivity (Wildman–Crippen MR) is 73.3 cm³/mol. The zero-order chi connectivity index (χ0) is 13.8. The van der Waals surface area contributed by atoms with Crippen LogP contribution in [0.25, 0.3) is 0 Å². The quantitative estimate of drug-likeness (QED) is 0.908. The van der Waals surface area contributed by atoms with E-state index in [4.69, 9.17) is 10.4 Å². The number of carbonyl (C=O) groups is 1. The highest BCUT2D eigenvalue weighted by Gasteiger charge is 2.09. The van der Waals surface area contributed by atoms with Crippen molar-refractivity contribution in [3.05, 3.63) is 52.1 Å². The second-order valence-corrected chi connectivity index (χ2v) is 4.52. The molecule has 0 amide bonds. The second-order valence-electron chi connectivity index (χ2n) is 3.67. The molecule has 0 saturated heterocycles. The van der Waals surface area contributed by atoms with E-state index in [9.17, 15) is 4.79 Å². The van der Waals surface area contributed by atoms with Crippen LogP contribution in [0.2, 0.25) is 0 Å². The zero-order valence-electron chi connectivity index (χ0n) is 9.59. The molecule has 2 rings (SSSR count). The fraction of sp³-hybridized carbons (Fsp3) is 0. The minimum absolute atomic E-state index is 0.165. The molecule has 1 aromatic carbocycles. The second kappa shape index (κ2) is 5.50. The first kappa shape index (κ1) is 13.1. The molecule has 0 spiro atoms. The molecule has 94 valence electrons. The topological polar surface area (TPSA) is 86.0 Å². The molecular weight excluding hydrogens is 310 g/mol. The molecule has 5 nitrogen and oxygen atoms in total. The van der Waals surface area contributed by atoms with E-state index in [1.165, 1.54) is 12.3 Å². The molecule has 0 radical (unpaired) electrons. The van der Waals surface area contributed by atoms with Crippen molar-refractivity contribution in [1.29, 1.82) is 5.26 Å². The van der Waals surface area contributed by atoms with Crippen molar-refractivity contribution in [3.8, 4) is 6.07 Å². The van der Waals surface area contributed by atoms with Gasteiger partial charge in [-0.25, -0.2) is 9.78 Å². The number of rotatable bonds is 3. The Bertz CT molecular complexity index is 663. The summed E-state index contributed by atoms with van der Waals surface area (Å²) < 4.78 is 0.512. The molecule has 2 aromatic rings. The summed E-state index contributed by atoms with van der Waals surface area (Å²) in [5.41, 5.74) is 1.24. The van der Waals surface area contributed by atoms with Gasteiger partial charge in [0.1, 0.15) is 11.9 Å². The lowest BCUT2D eigenvalue weighted by molar-refractivity contribution is 0.0696. The SMILES string of the molecule is N#Cc1ccc(Nc2ccc(Br)c(C(=O)O)c2)nc1. The summed E-state index contributed by atoms with van der Waals surface area (Å²) in [5, 5.41) is 20.7. The Morgan fingerprint density at radius 1 is 1.37 bits per heavy atom. The van der Waals surface area contributed by atoms with Crippen LogP contribution in [0.15, 0.2) is 41.0 Å². The maximum atomic E-state index is 11.0. The number of benzene rings is 1. The van der Waals surface area contributed by atoms with E-state index in [2.05, 4.69) is 26.2 Å². The van der Waals surface area contributed by atoms with Crippen LogP contribution in [0.3, 0.4) is 0 Å². The molecule has 0 saturated carbocycles. The number of carboxylic acids is 1. The van der Waals surface area contributed by atoms with Gasteiger partial charge in [0, 0.05) is 16.4 Å². The van der Waals surface area contributed by atoms with Gasteiger partial charge in [0.05, 0.1) is 11.1 Å². The highest BCUT2D eigenvalue weighted by Crippen LogP contribution is 2.23. The number of hydrogen-bond donors (Lipinski definition) is 2. The lowest BCUT2D eigenvalue weighted by Gasteiger charge is -2.07. The number of nitrogens with one attached hydrogen (secondary N) is 1. The number of pyridine rings is 1. The first-order chi connectivity index (χ1) is 9.10. The standard InChI is InChI=1S/C13H8BrN3O2/c14-11-3-2-9(5-10(11)13(18)19)17-12-4-1-8(6-15)7-16-12/h1-5,7H,(H,16,17)(H,18,19). The van der Waals surface area contributed by atoms with E-state index in [1.54, 1.807) is 24.3 Å². The number of aromatic nitrogens is 1. The molecule has 0 bridgehead atoms. The van der Waals surface area contributed by atoms with Gasteiger partial charge in [0.2, 0.25) is 0 Å². The number of nitrogens with zero attached hydrogens (tertiary/aromatic N) is 2. The van der Waals surface area contributed by atoms with Crippen LogP contribution in [-0.2, 0) is 0 Å². The molecule has 0 aliphatic rings. The van der Waals surface area contributed by atoms with Gasteiger partial charge in [-0.3, -0.25) is 0 Å². The Morgan fingerprint density at radius 3 is 2.74 bits per heavy atom. The molecule has 0 aliphatic carbocycles. The van der Waals surface area contributed by atoms with E-state index >= 15 is 0 Å². The highest BCUT2D eigenvalue weighted by molar-refractivity contribution is 9.10. The summed E-state index contributed by atoms with van der Waals surface area (Å²) in [5.74, 6) is -0.471. The molecule has 0 fully saturated rings. The fourth-order valence-electron chi connectivity index (χ4n) is 1.45. The number of aromatic carboxylic acids is 1. The van der Waals surface area contributed by atoms with Crippen LogP contribution in [0.5, 0.6) is 0 Å². The van der Waals surface area contributed by atoms with E-state index < -0.39 is 5.97 Å². The lowest BCUT2D eigenvalue weighted by atomic mass is 10.2. The van der Waals surface area contributed by atoms with E-state index in [-0.39, 0.29) is 5.56 Å². The molecule has 1 aromatic heterocycles. The first-order valence-corrected chi connectivity index (χ1v) is 6.05. The normalized spacial score (nSPS) is 9.68. The monoisotopic (exact) mass is 317 g/mol. The minimum Gasteiger partial charge on any atom is -0.478 e. The molecular formula is C13H8BrN3O2. The highest BCUT2D eigenvalue weighted by atomic mass is 79.9. The smallest absolute Gasteiger partial charge is 0.336 e. The molecule has 19 heavy (non-hydrogen) atoms. The van der Waals surface area contributed by atoms with Crippen LogP contribution in [0.1, 0.15) is 15.9 Å². The third kappa shape index (κ3) is 3.09. The average molecular weight is 318 g/mol. The Balaban J connectivity index is 2.25. The molecule has 0 unspecified atom stereocenters. The van der Waals surface area contributed by atoms with Crippen LogP contribution in [-0.4, -0.2) is 16.1 Å². The molecule has 6 heteroatoms. The van der Waals surface area contributed by atoms with Crippen molar-refractivity contribution < 1.29 is 9.90 Å². The van der Waals surface area contributed by atoms with Crippen LogP contribution < -0.4 is 5.32 Å². The number of halogens is 1. The molecule has 0 aliphatic heterocycles. The first-order valence-electron chi connectivity index (χ1n) is 5.26. The van der Waals surface area contributed by atoms with Crippen LogP contribution >= 0.6 is 15.9 Å². The summed E-state index contributed by atoms with van der Waals surface area (Å²) >= 11 is 3.18. The molecule has 2 N–H and O–H groups in total. The van der Waals surface area contributed by atoms with Crippen molar-refractivity contribution >= 4 is 33.4 Å². The van der Waals surface area contributed by atoms with Crippen molar-refractivity contribution in [2.24, 2.45) is 0 Å². The Morgan fingerprint density at radius 2 is 2.16 bits per heavy atom. The number of anilines is 2. The van der Waals surface area contributed by atoms with Crippen LogP contribution in [0.4, 0.5) is 11.5 Å². The van der Waals surface area contributed by atoms with Gasteiger partial charge in [-0.15, -0.1) is 0 Å². The third-order valence-corrected chi connectivity index (χ3v) is 3.05. The van der Waals surface area contributed by atoms with Gasteiger partial charge < -0.3 is 10.4 Å². The van der Waals surface area contributed by atoms with E-state index in [0.29, 0.717) is 21.5 Å². The summed E-state index contributed by atoms with van der Waals surface area (Å²) in [6.45, 7) is 0.